The van der Waals surface area contributed by atoms with Crippen molar-refractivity contribution in [1.82, 2.24) is 9.55 Å². The molecule has 0 spiro atoms. The lowest BCUT2D eigenvalue weighted by Crippen LogP contribution is -2.25. The van der Waals surface area contributed by atoms with Gasteiger partial charge < -0.3 is 14.3 Å². The van der Waals surface area contributed by atoms with Crippen molar-refractivity contribution in [1.29, 1.82) is 0 Å². The number of fused-ring (bicyclic) bond motifs is 1. The van der Waals surface area contributed by atoms with Crippen LogP contribution < -0.4 is 14.6 Å². The van der Waals surface area contributed by atoms with Crippen molar-refractivity contribution in [2.75, 3.05) is 16.6 Å². The molecule has 1 aliphatic heterocycles. The minimum absolute atomic E-state index is 0.0588. The first-order chi connectivity index (χ1) is 15.7. The predicted octanol–water partition coefficient (Wildman–Crippen LogP) is 4.14. The smallest absolute Gasteiger partial charge is 0.274 e. The Hall–Kier alpha value is -3.66. The molecular weight excluding hydrogens is 452 g/mol. The average molecular weight is 471 g/mol. The van der Waals surface area contributed by atoms with Crippen LogP contribution in [0.4, 0.5) is 14.5 Å². The Balaban J connectivity index is 1.73. The summed E-state index contributed by atoms with van der Waals surface area (Å²) in [6.45, 7) is 0.349. The van der Waals surface area contributed by atoms with Crippen LogP contribution in [0.5, 0.6) is 11.5 Å². The molecule has 1 N–H and O–H groups in total. The molecule has 0 saturated carbocycles. The highest BCUT2D eigenvalue weighted by Crippen LogP contribution is 2.40. The number of anilines is 1. The summed E-state index contributed by atoms with van der Waals surface area (Å²) in [5.41, 5.74) is 1.62. The Morgan fingerprint density at radius 2 is 1.82 bits per heavy atom. The van der Waals surface area contributed by atoms with Crippen molar-refractivity contribution in [3.8, 4) is 22.6 Å². The van der Waals surface area contributed by atoms with E-state index in [1.807, 2.05) is 0 Å². The fourth-order valence-electron chi connectivity index (χ4n) is 4.06. The van der Waals surface area contributed by atoms with E-state index in [0.29, 0.717) is 40.7 Å². The number of rotatable bonds is 4. The van der Waals surface area contributed by atoms with Crippen molar-refractivity contribution in [3.05, 3.63) is 76.8 Å². The summed E-state index contributed by atoms with van der Waals surface area (Å²) in [5.74, 6) is -1.51. The molecule has 0 radical (unpaired) electrons. The molecule has 3 heterocycles. The number of hydrogen-bond donors (Lipinski definition) is 1. The number of ether oxygens (including phenoxy) is 1. The number of halogens is 2. The summed E-state index contributed by atoms with van der Waals surface area (Å²) in [6, 6.07) is 9.49. The molecule has 2 aromatic heterocycles. The van der Waals surface area contributed by atoms with Crippen molar-refractivity contribution in [3.63, 3.8) is 0 Å². The van der Waals surface area contributed by atoms with Gasteiger partial charge in [0.05, 0.1) is 11.4 Å². The van der Waals surface area contributed by atoms with Gasteiger partial charge in [-0.25, -0.2) is 17.2 Å². The van der Waals surface area contributed by atoms with Gasteiger partial charge in [0, 0.05) is 48.6 Å². The zero-order valence-electron chi connectivity index (χ0n) is 17.5. The molecule has 1 fully saturated rings. The zero-order valence-corrected chi connectivity index (χ0v) is 18.3. The van der Waals surface area contributed by atoms with Crippen molar-refractivity contribution in [2.45, 2.75) is 6.42 Å². The third-order valence-corrected chi connectivity index (χ3v) is 7.52. The molecule has 0 aliphatic carbocycles. The number of benzene rings is 2. The standard InChI is InChI=1S/C23H19F2N3O4S/c1-27-13-18(16-7-8-26-22(16)23(27)29)17-12-15(28-9-2-10-33(28,30)31)4-6-20(17)32-21-5-3-14(24)11-19(21)25/h3-8,11-13,26H,2,9-10H2,1H3. The highest BCUT2D eigenvalue weighted by atomic mass is 32.2. The van der Waals surface area contributed by atoms with Crippen molar-refractivity contribution >= 4 is 26.6 Å². The second-order valence-corrected chi connectivity index (χ2v) is 9.84. The van der Waals surface area contributed by atoms with Gasteiger partial charge in [0.25, 0.3) is 5.56 Å². The van der Waals surface area contributed by atoms with E-state index >= 15 is 0 Å². The number of aryl methyl sites for hydroxylation is 1. The maximum absolute atomic E-state index is 14.3. The number of sulfonamides is 1. The van der Waals surface area contributed by atoms with Crippen LogP contribution in [0, 0.1) is 11.6 Å². The second kappa shape index (κ2) is 7.73. The van der Waals surface area contributed by atoms with Gasteiger partial charge in [0.1, 0.15) is 17.1 Å². The van der Waals surface area contributed by atoms with E-state index in [1.54, 1.807) is 43.7 Å². The summed E-state index contributed by atoms with van der Waals surface area (Å²) in [6.07, 6.45) is 3.76. The van der Waals surface area contributed by atoms with Crippen LogP contribution in [0.1, 0.15) is 6.42 Å². The summed E-state index contributed by atoms with van der Waals surface area (Å²) in [5, 5.41) is 0.601. The lowest BCUT2D eigenvalue weighted by molar-refractivity contribution is 0.439. The zero-order chi connectivity index (χ0) is 23.3. The summed E-state index contributed by atoms with van der Waals surface area (Å²) in [7, 11) is -1.84. The van der Waals surface area contributed by atoms with Gasteiger partial charge in [0.2, 0.25) is 10.0 Å². The van der Waals surface area contributed by atoms with Crippen LogP contribution in [-0.2, 0) is 17.1 Å². The van der Waals surface area contributed by atoms with E-state index in [2.05, 4.69) is 4.98 Å². The fourth-order valence-corrected chi connectivity index (χ4v) is 5.62. The first kappa shape index (κ1) is 21.2. The minimum atomic E-state index is -3.44. The first-order valence-electron chi connectivity index (χ1n) is 10.2. The summed E-state index contributed by atoms with van der Waals surface area (Å²) < 4.78 is 61.2. The van der Waals surface area contributed by atoms with Crippen LogP contribution in [-0.4, -0.2) is 30.3 Å². The van der Waals surface area contributed by atoms with E-state index in [1.165, 1.54) is 14.9 Å². The highest BCUT2D eigenvalue weighted by Gasteiger charge is 2.29. The van der Waals surface area contributed by atoms with Gasteiger partial charge in [0.15, 0.2) is 11.6 Å². The lowest BCUT2D eigenvalue weighted by Gasteiger charge is -2.20. The van der Waals surface area contributed by atoms with Gasteiger partial charge in [-0.05, 0) is 42.8 Å². The Morgan fingerprint density at radius 3 is 2.55 bits per heavy atom. The largest absolute Gasteiger partial charge is 0.454 e. The van der Waals surface area contributed by atoms with Gasteiger partial charge in [-0.3, -0.25) is 9.10 Å². The molecule has 0 atom stereocenters. The Morgan fingerprint density at radius 1 is 1.03 bits per heavy atom. The summed E-state index contributed by atoms with van der Waals surface area (Å²) in [4.78, 5) is 15.4. The monoisotopic (exact) mass is 471 g/mol. The molecule has 170 valence electrons. The Bertz CT molecular complexity index is 1560. The molecule has 7 nitrogen and oxygen atoms in total. The van der Waals surface area contributed by atoms with E-state index < -0.39 is 21.7 Å². The van der Waals surface area contributed by atoms with Gasteiger partial charge in [-0.15, -0.1) is 0 Å². The van der Waals surface area contributed by atoms with Crippen LogP contribution in [0.15, 0.2) is 59.7 Å². The third-order valence-electron chi connectivity index (χ3n) is 5.65. The number of aromatic amines is 1. The molecule has 1 saturated heterocycles. The predicted molar refractivity (Wildman–Crippen MR) is 121 cm³/mol. The number of pyridine rings is 1. The van der Waals surface area contributed by atoms with Crippen LogP contribution >= 0.6 is 0 Å². The molecule has 1 aliphatic rings. The van der Waals surface area contributed by atoms with Gasteiger partial charge >= 0.3 is 0 Å². The van der Waals surface area contributed by atoms with E-state index in [4.69, 9.17) is 4.74 Å². The first-order valence-corrected chi connectivity index (χ1v) is 11.8. The molecular formula is C23H19F2N3O4S. The molecule has 2 aromatic carbocycles. The normalized spacial score (nSPS) is 15.3. The molecule has 33 heavy (non-hydrogen) atoms. The van der Waals surface area contributed by atoms with Gasteiger partial charge in [-0.1, -0.05) is 0 Å². The molecule has 10 heteroatoms. The topological polar surface area (TPSA) is 84.4 Å². The fraction of sp³-hybridized carbons (Fsp3) is 0.174. The number of nitrogens with one attached hydrogen (secondary N) is 1. The third kappa shape index (κ3) is 3.66. The number of aromatic nitrogens is 2. The minimum Gasteiger partial charge on any atom is -0.454 e. The van der Waals surface area contributed by atoms with Crippen molar-refractivity contribution in [2.24, 2.45) is 7.05 Å². The second-order valence-electron chi connectivity index (χ2n) is 7.82. The van der Waals surface area contributed by atoms with Crippen LogP contribution in [0.2, 0.25) is 0 Å². The van der Waals surface area contributed by atoms with Crippen LogP contribution in [0.3, 0.4) is 0 Å². The Labute approximate surface area is 187 Å². The molecule has 5 rings (SSSR count). The SMILES string of the molecule is Cn1cc(-c2cc(N3CCCS3(=O)=O)ccc2Oc2ccc(F)cc2F)c2cc[nH]c2c1=O. The number of H-pyrrole nitrogens is 1. The maximum Gasteiger partial charge on any atom is 0.274 e. The Kier molecular flexibility index (Phi) is 4.97. The van der Waals surface area contributed by atoms with E-state index in [0.717, 1.165) is 12.1 Å². The average Bonchev–Trinajstić information content (AvgIpc) is 3.39. The quantitative estimate of drug-likeness (QED) is 0.485. The number of nitrogens with zero attached hydrogens (tertiary/aromatic N) is 2. The highest BCUT2D eigenvalue weighted by molar-refractivity contribution is 7.93. The molecule has 4 aromatic rings. The van der Waals surface area contributed by atoms with Crippen LogP contribution in [0.25, 0.3) is 22.0 Å². The van der Waals surface area contributed by atoms with Gasteiger partial charge in [-0.2, -0.15) is 0 Å². The molecule has 0 unspecified atom stereocenters. The maximum atomic E-state index is 14.3. The van der Waals surface area contributed by atoms with E-state index in [9.17, 15) is 22.0 Å². The van der Waals surface area contributed by atoms with E-state index in [-0.39, 0.29) is 22.8 Å². The molecule has 0 amide bonds. The number of hydrogen-bond acceptors (Lipinski definition) is 4. The summed E-state index contributed by atoms with van der Waals surface area (Å²) >= 11 is 0. The van der Waals surface area contributed by atoms with Crippen molar-refractivity contribution < 1.29 is 21.9 Å². The lowest BCUT2D eigenvalue weighted by atomic mass is 10.0. The molecule has 0 bridgehead atoms.